The van der Waals surface area contributed by atoms with Crippen molar-refractivity contribution in [2.75, 3.05) is 49.1 Å². The van der Waals surface area contributed by atoms with E-state index in [1.165, 1.54) is 28.4 Å². The molecular formula is C33H38FN3O5. The topological polar surface area (TPSA) is 86.2 Å². The number of methoxy groups -OCH3 is 4. The van der Waals surface area contributed by atoms with Gasteiger partial charge in [-0.1, -0.05) is 42.0 Å². The second-order valence-corrected chi connectivity index (χ2v) is 10.4. The smallest absolute Gasteiger partial charge is 0.217 e. The molecule has 2 unspecified atom stereocenters. The van der Waals surface area contributed by atoms with Crippen molar-refractivity contribution in [3.05, 3.63) is 94.9 Å². The van der Waals surface area contributed by atoms with Gasteiger partial charge in [-0.2, -0.15) is 4.98 Å². The zero-order chi connectivity index (χ0) is 30.4. The SMILES string of the molecule is COc1cc(C(O)(CCN(C)C)C(c2cc(-c3ccc(C)cc3)cnc2OC)c2cccc(OC)c2F)cc(OC)n1. The molecule has 9 heteroatoms. The number of hydrogen-bond acceptors (Lipinski definition) is 8. The van der Waals surface area contributed by atoms with Crippen LogP contribution in [-0.2, 0) is 5.60 Å². The molecule has 1 N–H and O–H groups in total. The summed E-state index contributed by atoms with van der Waals surface area (Å²) in [6, 6.07) is 18.1. The van der Waals surface area contributed by atoms with Gasteiger partial charge in [0.1, 0.15) is 5.60 Å². The minimum absolute atomic E-state index is 0.0546. The molecule has 0 aliphatic rings. The normalized spacial score (nSPS) is 13.4. The molecule has 42 heavy (non-hydrogen) atoms. The number of halogens is 1. The van der Waals surface area contributed by atoms with Crippen LogP contribution in [0.2, 0.25) is 0 Å². The number of nitrogens with zero attached hydrogens (tertiary/aromatic N) is 3. The van der Waals surface area contributed by atoms with Gasteiger partial charge in [0.05, 0.1) is 34.4 Å². The van der Waals surface area contributed by atoms with Crippen molar-refractivity contribution in [3.63, 3.8) is 0 Å². The van der Waals surface area contributed by atoms with E-state index >= 15 is 4.39 Å². The average molecular weight is 576 g/mol. The molecule has 222 valence electrons. The van der Waals surface area contributed by atoms with E-state index in [9.17, 15) is 5.11 Å². The zero-order valence-corrected chi connectivity index (χ0v) is 25.1. The van der Waals surface area contributed by atoms with Gasteiger partial charge in [0, 0.05) is 41.6 Å². The minimum atomic E-state index is -1.72. The van der Waals surface area contributed by atoms with Crippen LogP contribution in [0, 0.1) is 12.7 Å². The summed E-state index contributed by atoms with van der Waals surface area (Å²) in [4.78, 5) is 10.9. The number of aliphatic hydroxyl groups is 1. The molecule has 0 saturated heterocycles. The van der Waals surface area contributed by atoms with E-state index in [4.69, 9.17) is 18.9 Å². The second-order valence-electron chi connectivity index (χ2n) is 10.4. The Kier molecular flexibility index (Phi) is 9.65. The zero-order valence-electron chi connectivity index (χ0n) is 25.1. The van der Waals surface area contributed by atoms with Crippen molar-refractivity contribution in [3.8, 4) is 34.5 Å². The molecule has 2 atom stereocenters. The molecule has 0 saturated carbocycles. The molecule has 2 heterocycles. The maximum atomic E-state index is 16.3. The first-order valence-corrected chi connectivity index (χ1v) is 13.6. The first-order valence-electron chi connectivity index (χ1n) is 13.6. The fraction of sp³-hybridized carbons (Fsp3) is 0.333. The molecule has 2 aromatic carbocycles. The van der Waals surface area contributed by atoms with E-state index in [0.29, 0.717) is 17.7 Å². The Morgan fingerprint density at radius 3 is 2.10 bits per heavy atom. The van der Waals surface area contributed by atoms with Crippen LogP contribution in [0.4, 0.5) is 4.39 Å². The highest BCUT2D eigenvalue weighted by Gasteiger charge is 2.44. The van der Waals surface area contributed by atoms with Crippen LogP contribution >= 0.6 is 0 Å². The summed E-state index contributed by atoms with van der Waals surface area (Å²) in [7, 11) is 9.72. The van der Waals surface area contributed by atoms with Crippen molar-refractivity contribution < 1.29 is 28.4 Å². The molecule has 0 fully saturated rings. The molecule has 0 bridgehead atoms. The summed E-state index contributed by atoms with van der Waals surface area (Å²) in [6.07, 6.45) is 1.92. The number of pyridine rings is 2. The molecule has 4 rings (SSSR count). The van der Waals surface area contributed by atoms with Gasteiger partial charge in [-0.15, -0.1) is 0 Å². The van der Waals surface area contributed by atoms with Crippen molar-refractivity contribution in [1.29, 1.82) is 0 Å². The van der Waals surface area contributed by atoms with Gasteiger partial charge in [0.25, 0.3) is 0 Å². The molecule has 0 amide bonds. The highest BCUT2D eigenvalue weighted by atomic mass is 19.1. The molecule has 0 radical (unpaired) electrons. The van der Waals surface area contributed by atoms with Gasteiger partial charge >= 0.3 is 0 Å². The lowest BCUT2D eigenvalue weighted by molar-refractivity contribution is 0.00229. The van der Waals surface area contributed by atoms with E-state index in [0.717, 1.165) is 16.7 Å². The summed E-state index contributed by atoms with van der Waals surface area (Å²) in [5.41, 5.74) is 2.26. The van der Waals surface area contributed by atoms with Crippen LogP contribution in [0.25, 0.3) is 11.1 Å². The molecule has 4 aromatic rings. The standard InChI is InChI=1S/C33H38FN3O5/c1-21-11-13-22(14-12-21)23-17-26(32(42-7)35-20-23)30(25-9-8-10-27(39-4)31(25)34)33(38,15-16-37(2)3)24-18-28(40-5)36-29(19-24)41-6/h8-14,17-20,30,38H,15-16H2,1-7H3. The molecule has 0 aliphatic heterocycles. The number of aryl methyl sites for hydroxylation is 1. The van der Waals surface area contributed by atoms with Gasteiger partial charge in [-0.05, 0) is 50.7 Å². The molecule has 0 aliphatic carbocycles. The predicted octanol–water partition coefficient (Wildman–Crippen LogP) is 5.60. The van der Waals surface area contributed by atoms with Crippen molar-refractivity contribution >= 4 is 0 Å². The van der Waals surface area contributed by atoms with Gasteiger partial charge < -0.3 is 29.0 Å². The predicted molar refractivity (Wildman–Crippen MR) is 160 cm³/mol. The maximum absolute atomic E-state index is 16.3. The Balaban J connectivity index is 2.09. The van der Waals surface area contributed by atoms with E-state index in [2.05, 4.69) is 9.97 Å². The van der Waals surface area contributed by atoms with Crippen LogP contribution in [0.15, 0.2) is 66.9 Å². The second kappa shape index (κ2) is 13.2. The summed E-state index contributed by atoms with van der Waals surface area (Å²) in [5, 5.41) is 13.0. The van der Waals surface area contributed by atoms with Crippen molar-refractivity contribution in [2.45, 2.75) is 24.9 Å². The van der Waals surface area contributed by atoms with E-state index in [1.807, 2.05) is 56.3 Å². The van der Waals surface area contributed by atoms with E-state index in [1.54, 1.807) is 36.5 Å². The Morgan fingerprint density at radius 1 is 0.857 bits per heavy atom. The minimum Gasteiger partial charge on any atom is -0.494 e. The number of hydrogen-bond donors (Lipinski definition) is 1. The lowest BCUT2D eigenvalue weighted by atomic mass is 9.71. The fourth-order valence-corrected chi connectivity index (χ4v) is 5.13. The van der Waals surface area contributed by atoms with Gasteiger partial charge in [0.15, 0.2) is 11.6 Å². The molecule has 0 spiro atoms. The number of benzene rings is 2. The molecule has 8 nitrogen and oxygen atoms in total. The highest BCUT2D eigenvalue weighted by Crippen LogP contribution is 2.49. The Hall–Kier alpha value is -4.21. The van der Waals surface area contributed by atoms with Crippen LogP contribution in [0.5, 0.6) is 23.4 Å². The van der Waals surface area contributed by atoms with Crippen molar-refractivity contribution in [2.24, 2.45) is 0 Å². The Bertz CT molecular complexity index is 1490. The first kappa shape index (κ1) is 30.7. The van der Waals surface area contributed by atoms with Crippen LogP contribution in [-0.4, -0.2) is 69.1 Å². The highest BCUT2D eigenvalue weighted by molar-refractivity contribution is 5.65. The third-order valence-electron chi connectivity index (χ3n) is 7.41. The monoisotopic (exact) mass is 575 g/mol. The molecule has 2 aromatic heterocycles. The quantitative estimate of drug-likeness (QED) is 0.234. The lowest BCUT2D eigenvalue weighted by Crippen LogP contribution is -2.38. The number of ether oxygens (including phenoxy) is 4. The summed E-state index contributed by atoms with van der Waals surface area (Å²) in [6.45, 7) is 2.49. The Labute approximate surface area is 246 Å². The summed E-state index contributed by atoms with van der Waals surface area (Å²) < 4.78 is 38.3. The molecular weight excluding hydrogens is 537 g/mol. The summed E-state index contributed by atoms with van der Waals surface area (Å²) in [5.74, 6) is -0.790. The van der Waals surface area contributed by atoms with Crippen LogP contribution in [0.1, 0.15) is 34.6 Å². The number of rotatable bonds is 12. The van der Waals surface area contributed by atoms with Crippen LogP contribution in [0.3, 0.4) is 0 Å². The van der Waals surface area contributed by atoms with Gasteiger partial charge in [-0.25, -0.2) is 9.37 Å². The number of aromatic nitrogens is 2. The average Bonchev–Trinajstić information content (AvgIpc) is 3.01. The first-order chi connectivity index (χ1) is 20.1. The largest absolute Gasteiger partial charge is 0.494 e. The summed E-state index contributed by atoms with van der Waals surface area (Å²) >= 11 is 0. The van der Waals surface area contributed by atoms with Crippen LogP contribution < -0.4 is 18.9 Å². The Morgan fingerprint density at radius 2 is 1.52 bits per heavy atom. The van der Waals surface area contributed by atoms with E-state index < -0.39 is 17.3 Å². The fourth-order valence-electron chi connectivity index (χ4n) is 5.13. The van der Waals surface area contributed by atoms with Crippen molar-refractivity contribution in [1.82, 2.24) is 14.9 Å². The third-order valence-corrected chi connectivity index (χ3v) is 7.41. The van der Waals surface area contributed by atoms with Gasteiger partial charge in [0.2, 0.25) is 17.6 Å². The third kappa shape index (κ3) is 6.32. The lowest BCUT2D eigenvalue weighted by Gasteiger charge is -2.39. The van der Waals surface area contributed by atoms with Gasteiger partial charge in [-0.3, -0.25) is 0 Å². The maximum Gasteiger partial charge on any atom is 0.217 e. The van der Waals surface area contributed by atoms with E-state index in [-0.39, 0.29) is 35.4 Å².